The van der Waals surface area contributed by atoms with E-state index in [2.05, 4.69) is 29.4 Å². The number of carbonyl (C=O) groups is 1. The Morgan fingerprint density at radius 1 is 1.25 bits per heavy atom. The second-order valence-corrected chi connectivity index (χ2v) is 6.69. The molecule has 0 radical (unpaired) electrons. The van der Waals surface area contributed by atoms with Crippen LogP contribution in [-0.2, 0) is 9.53 Å². The molecule has 1 aromatic heterocycles. The van der Waals surface area contributed by atoms with E-state index in [-0.39, 0.29) is 12.0 Å². The normalized spacial score (nSPS) is 16.5. The van der Waals surface area contributed by atoms with Crippen molar-refractivity contribution in [3.8, 4) is 0 Å². The molecule has 2 aromatic rings. The Morgan fingerprint density at radius 3 is 2.58 bits per heavy atom. The lowest BCUT2D eigenvalue weighted by molar-refractivity contribution is -0.131. The van der Waals surface area contributed by atoms with E-state index in [0.717, 1.165) is 24.1 Å². The Morgan fingerprint density at radius 2 is 1.96 bits per heavy atom. The molecule has 0 aliphatic heterocycles. The minimum Gasteiger partial charge on any atom is -0.360 e. The molecule has 5 heteroatoms. The standard InChI is InChI=1S/C19H25N3O2/c1-13(2)16-12-17(22-21-16)20-19(23)18(14-8-4-3-5-9-14)24-15-10-6-7-11-15/h3-5,8-9,12-13,15,18H,6-7,10-11H2,1-2H3,(H2,20,21,22,23). The minimum absolute atomic E-state index is 0.159. The third kappa shape index (κ3) is 4.03. The molecule has 1 heterocycles. The van der Waals surface area contributed by atoms with Crippen molar-refractivity contribution in [2.24, 2.45) is 0 Å². The number of rotatable bonds is 6. The molecule has 1 aromatic carbocycles. The maximum absolute atomic E-state index is 12.8. The van der Waals surface area contributed by atoms with E-state index >= 15 is 0 Å². The van der Waals surface area contributed by atoms with Crippen molar-refractivity contribution in [2.75, 3.05) is 5.32 Å². The van der Waals surface area contributed by atoms with Gasteiger partial charge in [-0.2, -0.15) is 5.10 Å². The van der Waals surface area contributed by atoms with Crippen LogP contribution in [0, 0.1) is 0 Å². The van der Waals surface area contributed by atoms with Gasteiger partial charge in [-0.15, -0.1) is 0 Å². The molecular weight excluding hydrogens is 302 g/mol. The van der Waals surface area contributed by atoms with Gasteiger partial charge in [0.15, 0.2) is 11.9 Å². The fourth-order valence-electron chi connectivity index (χ4n) is 3.02. The molecule has 2 N–H and O–H groups in total. The molecule has 3 rings (SSSR count). The lowest BCUT2D eigenvalue weighted by Gasteiger charge is -2.21. The Balaban J connectivity index is 1.74. The van der Waals surface area contributed by atoms with E-state index in [1.165, 1.54) is 12.8 Å². The molecule has 1 unspecified atom stereocenters. The summed E-state index contributed by atoms with van der Waals surface area (Å²) in [5, 5.41) is 10.0. The van der Waals surface area contributed by atoms with Crippen molar-refractivity contribution >= 4 is 11.7 Å². The highest BCUT2D eigenvalue weighted by Gasteiger charge is 2.27. The van der Waals surface area contributed by atoms with Crippen LogP contribution in [0.15, 0.2) is 36.4 Å². The number of ether oxygens (including phenoxy) is 1. The highest BCUT2D eigenvalue weighted by Crippen LogP contribution is 2.29. The van der Waals surface area contributed by atoms with Crippen molar-refractivity contribution in [2.45, 2.75) is 57.7 Å². The van der Waals surface area contributed by atoms with Crippen LogP contribution in [0.2, 0.25) is 0 Å². The highest BCUT2D eigenvalue weighted by atomic mass is 16.5. The predicted octanol–water partition coefficient (Wildman–Crippen LogP) is 4.17. The maximum atomic E-state index is 12.8. The smallest absolute Gasteiger partial charge is 0.259 e. The fraction of sp³-hybridized carbons (Fsp3) is 0.474. The third-order valence-electron chi connectivity index (χ3n) is 4.44. The highest BCUT2D eigenvalue weighted by molar-refractivity contribution is 5.94. The molecule has 0 saturated heterocycles. The number of hydrogen-bond donors (Lipinski definition) is 2. The zero-order valence-corrected chi connectivity index (χ0v) is 14.3. The molecule has 128 valence electrons. The number of nitrogens with one attached hydrogen (secondary N) is 2. The van der Waals surface area contributed by atoms with Gasteiger partial charge in [0.05, 0.1) is 6.10 Å². The zero-order valence-electron chi connectivity index (χ0n) is 14.3. The second kappa shape index (κ2) is 7.62. The SMILES string of the molecule is CC(C)c1cc(NC(=O)C(OC2CCCC2)c2ccccc2)n[nH]1. The molecular formula is C19H25N3O2. The van der Waals surface area contributed by atoms with E-state index in [4.69, 9.17) is 4.74 Å². The van der Waals surface area contributed by atoms with Gasteiger partial charge in [0.2, 0.25) is 0 Å². The van der Waals surface area contributed by atoms with Crippen LogP contribution in [0.25, 0.3) is 0 Å². The number of anilines is 1. The van der Waals surface area contributed by atoms with Gasteiger partial charge in [-0.3, -0.25) is 9.89 Å². The van der Waals surface area contributed by atoms with E-state index in [0.29, 0.717) is 11.7 Å². The van der Waals surface area contributed by atoms with Crippen molar-refractivity contribution in [1.29, 1.82) is 0 Å². The van der Waals surface area contributed by atoms with Gasteiger partial charge in [0, 0.05) is 11.8 Å². The Bertz CT molecular complexity index is 660. The number of amides is 1. The first-order valence-corrected chi connectivity index (χ1v) is 8.70. The van der Waals surface area contributed by atoms with Crippen LogP contribution < -0.4 is 5.32 Å². The topological polar surface area (TPSA) is 67.0 Å². The molecule has 0 spiro atoms. The van der Waals surface area contributed by atoms with Crippen LogP contribution in [0.5, 0.6) is 0 Å². The Labute approximate surface area is 142 Å². The van der Waals surface area contributed by atoms with Crippen LogP contribution >= 0.6 is 0 Å². The molecule has 0 bridgehead atoms. The number of benzene rings is 1. The lowest BCUT2D eigenvalue weighted by Crippen LogP contribution is -2.26. The minimum atomic E-state index is -0.603. The molecule has 1 fully saturated rings. The average Bonchev–Trinajstić information content (AvgIpc) is 3.25. The molecule has 5 nitrogen and oxygen atoms in total. The number of H-pyrrole nitrogens is 1. The maximum Gasteiger partial charge on any atom is 0.259 e. The summed E-state index contributed by atoms with van der Waals surface area (Å²) in [6.45, 7) is 4.16. The summed E-state index contributed by atoms with van der Waals surface area (Å²) in [7, 11) is 0. The molecule has 1 aliphatic carbocycles. The first kappa shape index (κ1) is 16.7. The van der Waals surface area contributed by atoms with E-state index < -0.39 is 6.10 Å². The van der Waals surface area contributed by atoms with Gasteiger partial charge < -0.3 is 10.1 Å². The molecule has 1 amide bonds. The number of aromatic amines is 1. The van der Waals surface area contributed by atoms with Gasteiger partial charge in [-0.05, 0) is 24.3 Å². The molecule has 1 saturated carbocycles. The zero-order chi connectivity index (χ0) is 16.9. The van der Waals surface area contributed by atoms with Gasteiger partial charge >= 0.3 is 0 Å². The van der Waals surface area contributed by atoms with E-state index in [1.807, 2.05) is 36.4 Å². The largest absolute Gasteiger partial charge is 0.360 e. The van der Waals surface area contributed by atoms with Crippen molar-refractivity contribution in [3.63, 3.8) is 0 Å². The monoisotopic (exact) mass is 327 g/mol. The average molecular weight is 327 g/mol. The van der Waals surface area contributed by atoms with Gasteiger partial charge in [-0.1, -0.05) is 57.0 Å². The van der Waals surface area contributed by atoms with Crippen LogP contribution in [0.4, 0.5) is 5.82 Å². The fourth-order valence-corrected chi connectivity index (χ4v) is 3.02. The summed E-state index contributed by atoms with van der Waals surface area (Å²) in [4.78, 5) is 12.8. The van der Waals surface area contributed by atoms with Gasteiger partial charge in [0.1, 0.15) is 0 Å². The third-order valence-corrected chi connectivity index (χ3v) is 4.44. The van der Waals surface area contributed by atoms with Crippen LogP contribution in [0.3, 0.4) is 0 Å². The Hall–Kier alpha value is -2.14. The summed E-state index contributed by atoms with van der Waals surface area (Å²) in [6, 6.07) is 11.5. The number of hydrogen-bond acceptors (Lipinski definition) is 3. The quantitative estimate of drug-likeness (QED) is 0.836. The predicted molar refractivity (Wildman–Crippen MR) is 93.8 cm³/mol. The first-order valence-electron chi connectivity index (χ1n) is 8.70. The van der Waals surface area contributed by atoms with E-state index in [9.17, 15) is 4.79 Å². The van der Waals surface area contributed by atoms with Crippen LogP contribution in [0.1, 0.15) is 62.8 Å². The van der Waals surface area contributed by atoms with Crippen molar-refractivity contribution < 1.29 is 9.53 Å². The summed E-state index contributed by atoms with van der Waals surface area (Å²) < 4.78 is 6.14. The lowest BCUT2D eigenvalue weighted by atomic mass is 10.1. The van der Waals surface area contributed by atoms with Crippen molar-refractivity contribution in [1.82, 2.24) is 10.2 Å². The first-order chi connectivity index (χ1) is 11.6. The second-order valence-electron chi connectivity index (χ2n) is 6.69. The van der Waals surface area contributed by atoms with E-state index in [1.54, 1.807) is 0 Å². The van der Waals surface area contributed by atoms with Crippen LogP contribution in [-0.4, -0.2) is 22.2 Å². The summed E-state index contributed by atoms with van der Waals surface area (Å²) in [5.74, 6) is 0.706. The number of aromatic nitrogens is 2. The van der Waals surface area contributed by atoms with Gasteiger partial charge in [-0.25, -0.2) is 0 Å². The number of carbonyl (C=O) groups excluding carboxylic acids is 1. The summed E-state index contributed by atoms with van der Waals surface area (Å²) in [5.41, 5.74) is 1.87. The molecule has 24 heavy (non-hydrogen) atoms. The Kier molecular flexibility index (Phi) is 5.30. The molecule has 1 aliphatic rings. The summed E-state index contributed by atoms with van der Waals surface area (Å²) >= 11 is 0. The molecule has 1 atom stereocenters. The van der Waals surface area contributed by atoms with Crippen molar-refractivity contribution in [3.05, 3.63) is 47.7 Å². The van der Waals surface area contributed by atoms with Gasteiger partial charge in [0.25, 0.3) is 5.91 Å². The number of nitrogens with zero attached hydrogens (tertiary/aromatic N) is 1. The summed E-state index contributed by atoms with van der Waals surface area (Å²) in [6.07, 6.45) is 3.95.